The maximum Gasteiger partial charge on any atom is 0.251 e. The van der Waals surface area contributed by atoms with E-state index in [1.807, 2.05) is 13.0 Å². The molecule has 8 nitrogen and oxygen atoms in total. The van der Waals surface area contributed by atoms with Crippen molar-refractivity contribution in [2.24, 2.45) is 0 Å². The Hall–Kier alpha value is -2.65. The van der Waals surface area contributed by atoms with E-state index in [9.17, 15) is 8.42 Å². The number of benzene rings is 1. The number of nitrogens with one attached hydrogen (secondary N) is 2. The molecule has 0 saturated carbocycles. The smallest absolute Gasteiger partial charge is 0.251 e. The third kappa shape index (κ3) is 4.91. The van der Waals surface area contributed by atoms with E-state index < -0.39 is 9.84 Å². The summed E-state index contributed by atoms with van der Waals surface area (Å²) in [6.07, 6.45) is 3.27. The molecule has 0 atom stereocenters. The number of piperidine rings is 1. The molecule has 3 heterocycles. The number of aromatic nitrogens is 4. The van der Waals surface area contributed by atoms with Crippen LogP contribution in [0.3, 0.4) is 0 Å². The lowest BCUT2D eigenvalue weighted by atomic mass is 10.1. The Morgan fingerprint density at radius 1 is 1.10 bits per heavy atom. The molecule has 4 rings (SSSR count). The number of aryl methyl sites for hydroxylation is 1. The second kappa shape index (κ2) is 8.61. The third-order valence-electron chi connectivity index (χ3n) is 4.86. The van der Waals surface area contributed by atoms with Gasteiger partial charge < -0.3 is 10.2 Å². The van der Waals surface area contributed by atoms with Crippen LogP contribution >= 0.6 is 11.6 Å². The van der Waals surface area contributed by atoms with E-state index in [0.29, 0.717) is 28.0 Å². The standard InChI is InChI=1S/C20H23ClN6O2S/c1-14-10-18(26-25-14)22-17-12-19(27-8-3-2-4-9-27)24-20(23-17)30(28,29)13-15-6-5-7-16(21)11-15/h5-7,10-12H,2-4,8-9,13H2,1H3,(H2,22,23,24,25,26). The van der Waals surface area contributed by atoms with Gasteiger partial charge in [0.1, 0.15) is 11.6 Å². The molecule has 1 fully saturated rings. The largest absolute Gasteiger partial charge is 0.356 e. The summed E-state index contributed by atoms with van der Waals surface area (Å²) in [6.45, 7) is 3.57. The molecule has 0 spiro atoms. The van der Waals surface area contributed by atoms with Crippen LogP contribution in [-0.2, 0) is 15.6 Å². The van der Waals surface area contributed by atoms with E-state index in [0.717, 1.165) is 31.6 Å². The fourth-order valence-corrected chi connectivity index (χ4v) is 4.86. The highest BCUT2D eigenvalue weighted by atomic mass is 35.5. The van der Waals surface area contributed by atoms with Gasteiger partial charge in [-0.05, 0) is 43.9 Å². The van der Waals surface area contributed by atoms with Gasteiger partial charge in [-0.25, -0.2) is 18.4 Å². The first kappa shape index (κ1) is 20.6. The third-order valence-corrected chi connectivity index (χ3v) is 6.55. The molecular weight excluding hydrogens is 424 g/mol. The van der Waals surface area contributed by atoms with E-state index in [1.54, 1.807) is 30.3 Å². The summed E-state index contributed by atoms with van der Waals surface area (Å²) in [4.78, 5) is 10.8. The molecule has 1 aliphatic heterocycles. The minimum Gasteiger partial charge on any atom is -0.356 e. The molecule has 0 unspecified atom stereocenters. The molecule has 3 aromatic rings. The lowest BCUT2D eigenvalue weighted by molar-refractivity contribution is 0.566. The quantitative estimate of drug-likeness (QED) is 0.554. The van der Waals surface area contributed by atoms with Gasteiger partial charge in [0, 0.05) is 35.9 Å². The number of nitrogens with zero attached hydrogens (tertiary/aromatic N) is 4. The molecule has 0 amide bonds. The monoisotopic (exact) mass is 446 g/mol. The van der Waals surface area contributed by atoms with Crippen LogP contribution in [0.1, 0.15) is 30.5 Å². The van der Waals surface area contributed by atoms with Crippen LogP contribution in [-0.4, -0.2) is 41.7 Å². The molecular formula is C20H23ClN6O2S. The van der Waals surface area contributed by atoms with Crippen molar-refractivity contribution >= 4 is 38.9 Å². The summed E-state index contributed by atoms with van der Waals surface area (Å²) in [7, 11) is -3.78. The van der Waals surface area contributed by atoms with E-state index in [4.69, 9.17) is 11.6 Å². The van der Waals surface area contributed by atoms with Crippen molar-refractivity contribution in [3.8, 4) is 0 Å². The normalized spacial score (nSPS) is 14.7. The van der Waals surface area contributed by atoms with Gasteiger partial charge in [0.25, 0.3) is 5.16 Å². The van der Waals surface area contributed by atoms with E-state index in [-0.39, 0.29) is 10.9 Å². The van der Waals surface area contributed by atoms with Gasteiger partial charge in [0.05, 0.1) is 5.75 Å². The second-order valence-corrected chi connectivity index (χ2v) is 9.71. The van der Waals surface area contributed by atoms with Crippen LogP contribution in [0.25, 0.3) is 0 Å². The van der Waals surface area contributed by atoms with E-state index >= 15 is 0 Å². The van der Waals surface area contributed by atoms with E-state index in [1.165, 1.54) is 6.42 Å². The van der Waals surface area contributed by atoms with Crippen molar-refractivity contribution in [2.75, 3.05) is 23.3 Å². The SMILES string of the molecule is Cc1cc(Nc2cc(N3CCCCC3)nc(S(=O)(=O)Cc3cccc(Cl)c3)n2)n[nH]1. The average Bonchev–Trinajstić information content (AvgIpc) is 3.12. The molecule has 1 aliphatic rings. The highest BCUT2D eigenvalue weighted by molar-refractivity contribution is 7.90. The zero-order valence-corrected chi connectivity index (χ0v) is 18.2. The van der Waals surface area contributed by atoms with Gasteiger partial charge in [-0.15, -0.1) is 0 Å². The molecule has 158 valence electrons. The van der Waals surface area contributed by atoms with Crippen molar-refractivity contribution < 1.29 is 8.42 Å². The first-order chi connectivity index (χ1) is 14.4. The molecule has 0 bridgehead atoms. The second-order valence-electron chi connectivity index (χ2n) is 7.39. The van der Waals surface area contributed by atoms with Crippen molar-refractivity contribution in [2.45, 2.75) is 37.1 Å². The summed E-state index contributed by atoms with van der Waals surface area (Å²) in [5, 5.41) is 10.4. The number of halogens is 1. The molecule has 2 aromatic heterocycles. The van der Waals surface area contributed by atoms with Crippen molar-refractivity contribution in [1.82, 2.24) is 20.2 Å². The highest BCUT2D eigenvalue weighted by Crippen LogP contribution is 2.25. The van der Waals surface area contributed by atoms with Crippen molar-refractivity contribution in [3.05, 3.63) is 52.7 Å². The maximum atomic E-state index is 13.1. The molecule has 0 aliphatic carbocycles. The Morgan fingerprint density at radius 3 is 2.60 bits per heavy atom. The molecule has 10 heteroatoms. The lowest BCUT2D eigenvalue weighted by Crippen LogP contribution is -2.30. The van der Waals surface area contributed by atoms with Gasteiger partial charge in [-0.1, -0.05) is 23.7 Å². The molecule has 1 saturated heterocycles. The topological polar surface area (TPSA) is 104 Å². The molecule has 2 N–H and O–H groups in total. The van der Waals surface area contributed by atoms with Crippen molar-refractivity contribution in [1.29, 1.82) is 0 Å². The Morgan fingerprint density at radius 2 is 1.90 bits per heavy atom. The van der Waals surface area contributed by atoms with Crippen LogP contribution in [0, 0.1) is 6.92 Å². The number of hydrogen-bond donors (Lipinski definition) is 2. The van der Waals surface area contributed by atoms with Crippen LogP contribution in [0.5, 0.6) is 0 Å². The number of hydrogen-bond acceptors (Lipinski definition) is 7. The van der Waals surface area contributed by atoms with Gasteiger partial charge in [-0.3, -0.25) is 5.10 Å². The fraction of sp³-hybridized carbons (Fsp3) is 0.350. The van der Waals surface area contributed by atoms with Crippen LogP contribution in [0.15, 0.2) is 41.6 Å². The predicted octanol–water partition coefficient (Wildman–Crippen LogP) is 3.87. The Bertz CT molecular complexity index is 1140. The first-order valence-electron chi connectivity index (χ1n) is 9.79. The first-order valence-corrected chi connectivity index (χ1v) is 11.8. The average molecular weight is 447 g/mol. The number of sulfone groups is 1. The fourth-order valence-electron chi connectivity index (χ4n) is 3.42. The maximum absolute atomic E-state index is 13.1. The summed E-state index contributed by atoms with van der Waals surface area (Å²) in [6, 6.07) is 10.4. The lowest BCUT2D eigenvalue weighted by Gasteiger charge is -2.28. The van der Waals surface area contributed by atoms with Gasteiger partial charge in [-0.2, -0.15) is 5.10 Å². The van der Waals surface area contributed by atoms with Gasteiger partial charge >= 0.3 is 0 Å². The zero-order chi connectivity index (χ0) is 21.1. The van der Waals surface area contributed by atoms with Gasteiger partial charge in [0.2, 0.25) is 9.84 Å². The summed E-state index contributed by atoms with van der Waals surface area (Å²) in [5.41, 5.74) is 1.48. The summed E-state index contributed by atoms with van der Waals surface area (Å²) >= 11 is 6.01. The molecule has 0 radical (unpaired) electrons. The Balaban J connectivity index is 1.70. The van der Waals surface area contributed by atoms with E-state index in [2.05, 4.69) is 30.4 Å². The molecule has 1 aromatic carbocycles. The predicted molar refractivity (Wildman–Crippen MR) is 117 cm³/mol. The van der Waals surface area contributed by atoms with Crippen LogP contribution in [0.4, 0.5) is 17.5 Å². The number of aromatic amines is 1. The van der Waals surface area contributed by atoms with Gasteiger partial charge in [0.15, 0.2) is 5.82 Å². The summed E-state index contributed by atoms with van der Waals surface area (Å²) < 4.78 is 26.2. The molecule has 30 heavy (non-hydrogen) atoms. The number of H-pyrrole nitrogens is 1. The zero-order valence-electron chi connectivity index (χ0n) is 16.6. The Labute approximate surface area is 180 Å². The Kier molecular flexibility index (Phi) is 5.92. The minimum atomic E-state index is -3.78. The minimum absolute atomic E-state index is 0.208. The highest BCUT2D eigenvalue weighted by Gasteiger charge is 2.23. The van der Waals surface area contributed by atoms with Crippen LogP contribution < -0.4 is 10.2 Å². The van der Waals surface area contributed by atoms with Crippen molar-refractivity contribution in [3.63, 3.8) is 0 Å². The van der Waals surface area contributed by atoms with Crippen LogP contribution in [0.2, 0.25) is 5.02 Å². The number of rotatable bonds is 6. The summed E-state index contributed by atoms with van der Waals surface area (Å²) in [5.74, 6) is 1.33. The number of anilines is 3.